The molecule has 3 nitrogen and oxygen atoms in total. The van der Waals surface area contributed by atoms with Crippen molar-refractivity contribution in [3.8, 4) is 0 Å². The molecule has 0 aliphatic heterocycles. The van der Waals surface area contributed by atoms with E-state index in [4.69, 9.17) is 0 Å². The van der Waals surface area contributed by atoms with Gasteiger partial charge in [0.15, 0.2) is 5.78 Å². The average Bonchev–Trinajstić information content (AvgIpc) is 2.68. The summed E-state index contributed by atoms with van der Waals surface area (Å²) in [5.41, 5.74) is 0.568. The Bertz CT molecular complexity index is 1060. The molecule has 0 spiro atoms. The van der Waals surface area contributed by atoms with Crippen LogP contribution in [0.3, 0.4) is 0 Å². The highest BCUT2D eigenvalue weighted by molar-refractivity contribution is 9.11. The zero-order valence-electron chi connectivity index (χ0n) is 17.0. The minimum atomic E-state index is -4.55. The van der Waals surface area contributed by atoms with Crippen molar-refractivity contribution in [1.82, 2.24) is 5.32 Å². The second-order valence-corrected chi connectivity index (χ2v) is 9.82. The van der Waals surface area contributed by atoms with Gasteiger partial charge in [-0.2, -0.15) is 26.3 Å². The van der Waals surface area contributed by atoms with Crippen LogP contribution in [0.4, 0.5) is 26.3 Å². The number of amides is 1. The molecule has 0 aromatic heterocycles. The van der Waals surface area contributed by atoms with Crippen LogP contribution in [-0.2, 0) is 4.79 Å². The summed E-state index contributed by atoms with van der Waals surface area (Å²) in [7, 11) is 0. The maximum atomic E-state index is 13.7. The number of hydrogen-bond acceptors (Lipinski definition) is 2. The predicted molar refractivity (Wildman–Crippen MR) is 126 cm³/mol. The standard InChI is InChI=1S/C22H16Br3F6NO2/c23-14-8-13(9-15(24)10-14)17(22(29,30)31)4-2-12-1-3-16(18(25)7-12)19(33)5-6-20(34)32-11-21(26,27)28/h1-4,7-10,17H,5-6,11H2,(H,32,34)/b4-2+. The summed E-state index contributed by atoms with van der Waals surface area (Å²) >= 11 is 9.54. The monoisotopic (exact) mass is 677 g/mol. The van der Waals surface area contributed by atoms with Crippen molar-refractivity contribution in [2.75, 3.05) is 6.54 Å². The maximum absolute atomic E-state index is 13.7. The fourth-order valence-electron chi connectivity index (χ4n) is 2.88. The van der Waals surface area contributed by atoms with E-state index in [9.17, 15) is 35.9 Å². The summed E-state index contributed by atoms with van der Waals surface area (Å²) < 4.78 is 78.6. The van der Waals surface area contributed by atoms with Crippen molar-refractivity contribution >= 4 is 65.6 Å². The highest BCUT2D eigenvalue weighted by Crippen LogP contribution is 2.38. The second kappa shape index (κ2) is 11.9. The van der Waals surface area contributed by atoms with Gasteiger partial charge in [-0.05, 0) is 41.5 Å². The molecule has 2 aromatic carbocycles. The number of hydrogen-bond donors (Lipinski definition) is 1. The van der Waals surface area contributed by atoms with Gasteiger partial charge in [-0.25, -0.2) is 0 Å². The van der Waals surface area contributed by atoms with Crippen molar-refractivity contribution in [2.45, 2.75) is 31.1 Å². The van der Waals surface area contributed by atoms with Crippen LogP contribution in [0.1, 0.15) is 40.2 Å². The smallest absolute Gasteiger partial charge is 0.347 e. The van der Waals surface area contributed by atoms with Crippen molar-refractivity contribution in [2.24, 2.45) is 0 Å². The lowest BCUT2D eigenvalue weighted by Crippen LogP contribution is -2.33. The molecular weight excluding hydrogens is 664 g/mol. The Morgan fingerprint density at radius 3 is 2.06 bits per heavy atom. The van der Waals surface area contributed by atoms with Gasteiger partial charge in [0.2, 0.25) is 5.91 Å². The number of carbonyl (C=O) groups is 2. The van der Waals surface area contributed by atoms with Crippen LogP contribution in [0.2, 0.25) is 0 Å². The first-order chi connectivity index (χ1) is 15.7. The number of ketones is 1. The third-order valence-electron chi connectivity index (χ3n) is 4.44. The highest BCUT2D eigenvalue weighted by Gasteiger charge is 2.39. The summed E-state index contributed by atoms with van der Waals surface area (Å²) in [6.07, 6.45) is -7.58. The SMILES string of the molecule is O=C(CCC(=O)c1ccc(/C=C/C(c2cc(Br)cc(Br)c2)C(F)(F)F)cc1Br)NCC(F)(F)F. The number of nitrogens with one attached hydrogen (secondary N) is 1. The Labute approximate surface area is 216 Å². The Hall–Kier alpha value is -1.66. The molecule has 34 heavy (non-hydrogen) atoms. The fourth-order valence-corrected chi connectivity index (χ4v) is 4.83. The van der Waals surface area contributed by atoms with E-state index in [0.29, 0.717) is 14.5 Å². The van der Waals surface area contributed by atoms with Gasteiger partial charge in [0.25, 0.3) is 0 Å². The number of allylic oxidation sites excluding steroid dienone is 1. The molecule has 1 N–H and O–H groups in total. The molecule has 0 aliphatic carbocycles. The summed E-state index contributed by atoms with van der Waals surface area (Å²) in [6.45, 7) is -1.49. The van der Waals surface area contributed by atoms with Crippen LogP contribution in [0.5, 0.6) is 0 Å². The minimum Gasteiger partial charge on any atom is -0.347 e. The minimum absolute atomic E-state index is 0.0275. The normalized spacial score (nSPS) is 13.2. The molecular formula is C22H16Br3F6NO2. The van der Waals surface area contributed by atoms with E-state index in [1.54, 1.807) is 11.4 Å². The molecule has 1 atom stereocenters. The van der Waals surface area contributed by atoms with Gasteiger partial charge in [0.05, 0.1) is 5.92 Å². The van der Waals surface area contributed by atoms with Crippen LogP contribution in [0, 0.1) is 0 Å². The van der Waals surface area contributed by atoms with E-state index < -0.39 is 42.9 Å². The number of Topliss-reactive ketones (excluding diaryl/α,β-unsaturated/α-hetero) is 1. The fraction of sp³-hybridized carbons (Fsp3) is 0.273. The first kappa shape index (κ1) is 28.6. The lowest BCUT2D eigenvalue weighted by Gasteiger charge is -2.18. The first-order valence-corrected chi connectivity index (χ1v) is 11.9. The van der Waals surface area contributed by atoms with E-state index in [0.717, 1.165) is 6.08 Å². The second-order valence-electron chi connectivity index (χ2n) is 7.14. The summed E-state index contributed by atoms with van der Waals surface area (Å²) in [6, 6.07) is 8.61. The lowest BCUT2D eigenvalue weighted by molar-refractivity contribution is -0.139. The summed E-state index contributed by atoms with van der Waals surface area (Å²) in [4.78, 5) is 23.8. The summed E-state index contributed by atoms with van der Waals surface area (Å²) in [5, 5.41) is 1.68. The molecule has 0 radical (unpaired) electrons. The predicted octanol–water partition coefficient (Wildman–Crippen LogP) is 7.97. The van der Waals surface area contributed by atoms with Gasteiger partial charge >= 0.3 is 12.4 Å². The van der Waals surface area contributed by atoms with Crippen molar-refractivity contribution < 1.29 is 35.9 Å². The van der Waals surface area contributed by atoms with Gasteiger partial charge in [0.1, 0.15) is 6.54 Å². The topological polar surface area (TPSA) is 46.2 Å². The molecule has 1 unspecified atom stereocenters. The van der Waals surface area contributed by atoms with E-state index in [1.165, 1.54) is 36.4 Å². The third-order valence-corrected chi connectivity index (χ3v) is 6.01. The Kier molecular flexibility index (Phi) is 9.96. The Balaban J connectivity index is 2.12. The van der Waals surface area contributed by atoms with Gasteiger partial charge < -0.3 is 5.32 Å². The van der Waals surface area contributed by atoms with Crippen molar-refractivity contribution in [3.05, 3.63) is 72.6 Å². The van der Waals surface area contributed by atoms with Gasteiger partial charge in [-0.3, -0.25) is 9.59 Å². The van der Waals surface area contributed by atoms with Gasteiger partial charge in [-0.1, -0.05) is 66.0 Å². The molecule has 0 bridgehead atoms. The van der Waals surface area contributed by atoms with Crippen molar-refractivity contribution in [1.29, 1.82) is 0 Å². The van der Waals surface area contributed by atoms with E-state index in [2.05, 4.69) is 47.8 Å². The molecule has 0 heterocycles. The van der Waals surface area contributed by atoms with Crippen LogP contribution in [0.25, 0.3) is 6.08 Å². The maximum Gasteiger partial charge on any atom is 0.405 e. The van der Waals surface area contributed by atoms with Gasteiger partial charge in [-0.15, -0.1) is 0 Å². The largest absolute Gasteiger partial charge is 0.405 e. The zero-order valence-corrected chi connectivity index (χ0v) is 21.8. The highest BCUT2D eigenvalue weighted by atomic mass is 79.9. The van der Waals surface area contributed by atoms with E-state index >= 15 is 0 Å². The van der Waals surface area contributed by atoms with E-state index in [1.807, 2.05) is 0 Å². The number of rotatable bonds is 8. The summed E-state index contributed by atoms with van der Waals surface area (Å²) in [5.74, 6) is -3.30. The molecule has 184 valence electrons. The molecule has 12 heteroatoms. The average molecular weight is 680 g/mol. The third kappa shape index (κ3) is 9.18. The molecule has 1 amide bonds. The van der Waals surface area contributed by atoms with Crippen LogP contribution in [0.15, 0.2) is 55.9 Å². The molecule has 0 aliphatic rings. The molecule has 0 fully saturated rings. The number of halogens is 9. The zero-order chi connectivity index (χ0) is 25.7. The van der Waals surface area contributed by atoms with Crippen molar-refractivity contribution in [3.63, 3.8) is 0 Å². The quantitative estimate of drug-likeness (QED) is 0.227. The molecule has 2 aromatic rings. The van der Waals surface area contributed by atoms with Crippen LogP contribution >= 0.6 is 47.8 Å². The lowest BCUT2D eigenvalue weighted by atomic mass is 9.97. The van der Waals surface area contributed by atoms with E-state index in [-0.39, 0.29) is 22.0 Å². The number of carbonyl (C=O) groups excluding carboxylic acids is 2. The van der Waals surface area contributed by atoms with Crippen LogP contribution in [-0.4, -0.2) is 30.6 Å². The Morgan fingerprint density at radius 1 is 0.912 bits per heavy atom. The molecule has 2 rings (SSSR count). The van der Waals surface area contributed by atoms with Crippen LogP contribution < -0.4 is 5.32 Å². The van der Waals surface area contributed by atoms with Gasteiger partial charge in [0, 0.05) is 31.8 Å². The Morgan fingerprint density at radius 2 is 1.53 bits per heavy atom. The first-order valence-electron chi connectivity index (χ1n) is 9.53. The molecule has 0 saturated carbocycles. The number of benzene rings is 2. The molecule has 0 saturated heterocycles. The number of alkyl halides is 6.